The summed E-state index contributed by atoms with van der Waals surface area (Å²) in [7, 11) is 0. The molecule has 0 fully saturated rings. The first-order chi connectivity index (χ1) is 14.4. The molecule has 4 nitrogen and oxygen atoms in total. The number of benzene rings is 3. The third kappa shape index (κ3) is 4.37. The molecule has 0 amide bonds. The maximum atomic E-state index is 13.6. The molecule has 0 saturated heterocycles. The second-order valence-electron chi connectivity index (χ2n) is 6.66. The van der Waals surface area contributed by atoms with Crippen LogP contribution in [0.3, 0.4) is 0 Å². The van der Waals surface area contributed by atoms with Gasteiger partial charge in [0.2, 0.25) is 11.8 Å². The molecular formula is C22H15BrClF2N3O. The normalized spacial score (nSPS) is 12.0. The Morgan fingerprint density at radius 2 is 1.80 bits per heavy atom. The van der Waals surface area contributed by atoms with Crippen molar-refractivity contribution in [1.82, 2.24) is 10.2 Å². The summed E-state index contributed by atoms with van der Waals surface area (Å²) in [5, 5.41) is 11.7. The van der Waals surface area contributed by atoms with Crippen LogP contribution in [0.4, 0.5) is 14.5 Å². The Labute approximate surface area is 185 Å². The zero-order valence-corrected chi connectivity index (χ0v) is 18.0. The first kappa shape index (κ1) is 20.5. The molecule has 1 N–H and O–H groups in total. The van der Waals surface area contributed by atoms with Gasteiger partial charge in [-0.3, -0.25) is 0 Å². The van der Waals surface area contributed by atoms with Crippen molar-refractivity contribution >= 4 is 33.2 Å². The number of hydrogen-bond donors (Lipinski definition) is 1. The predicted octanol–water partition coefficient (Wildman–Crippen LogP) is 6.94. The zero-order chi connectivity index (χ0) is 21.3. The minimum absolute atomic E-state index is 0.168. The van der Waals surface area contributed by atoms with Gasteiger partial charge in [-0.15, -0.1) is 10.2 Å². The summed E-state index contributed by atoms with van der Waals surface area (Å²) in [4.78, 5) is 0. The highest BCUT2D eigenvalue weighted by Gasteiger charge is 2.24. The molecular weight excluding hydrogens is 476 g/mol. The van der Waals surface area contributed by atoms with Crippen molar-refractivity contribution in [3.8, 4) is 11.5 Å². The molecule has 30 heavy (non-hydrogen) atoms. The number of aromatic nitrogens is 2. The van der Waals surface area contributed by atoms with Gasteiger partial charge in [0.1, 0.15) is 17.7 Å². The number of hydrogen-bond acceptors (Lipinski definition) is 4. The quantitative estimate of drug-likeness (QED) is 0.329. The highest BCUT2D eigenvalue weighted by Crippen LogP contribution is 2.33. The number of rotatable bonds is 5. The summed E-state index contributed by atoms with van der Waals surface area (Å²) in [5.74, 6) is -0.480. The van der Waals surface area contributed by atoms with Gasteiger partial charge >= 0.3 is 0 Å². The SMILES string of the molecule is Cc1cc(N[C@H](c2nnc(-c3cccc(F)c3)o2)c2ccc(F)cc2Cl)ccc1Br. The molecule has 0 spiro atoms. The molecule has 3 aromatic carbocycles. The lowest BCUT2D eigenvalue weighted by Crippen LogP contribution is -2.14. The molecule has 1 heterocycles. The molecule has 0 radical (unpaired) electrons. The van der Waals surface area contributed by atoms with Crippen molar-refractivity contribution in [1.29, 1.82) is 0 Å². The molecule has 1 aromatic heterocycles. The molecule has 0 aliphatic heterocycles. The van der Waals surface area contributed by atoms with Crippen molar-refractivity contribution < 1.29 is 13.2 Å². The fourth-order valence-electron chi connectivity index (χ4n) is 3.00. The van der Waals surface area contributed by atoms with Gasteiger partial charge in [-0.25, -0.2) is 8.78 Å². The molecule has 8 heteroatoms. The van der Waals surface area contributed by atoms with Gasteiger partial charge in [0.25, 0.3) is 0 Å². The average Bonchev–Trinajstić information content (AvgIpc) is 3.19. The highest BCUT2D eigenvalue weighted by atomic mass is 79.9. The van der Waals surface area contributed by atoms with E-state index in [-0.39, 0.29) is 16.8 Å². The van der Waals surface area contributed by atoms with Crippen LogP contribution in [0.15, 0.2) is 69.6 Å². The van der Waals surface area contributed by atoms with E-state index in [0.717, 1.165) is 15.7 Å². The maximum absolute atomic E-state index is 13.6. The molecule has 1 atom stereocenters. The minimum atomic E-state index is -0.645. The lowest BCUT2D eigenvalue weighted by Gasteiger charge is -2.19. The fraction of sp³-hybridized carbons (Fsp3) is 0.0909. The zero-order valence-electron chi connectivity index (χ0n) is 15.7. The van der Waals surface area contributed by atoms with Crippen LogP contribution in [0.1, 0.15) is 23.1 Å². The van der Waals surface area contributed by atoms with Crippen molar-refractivity contribution in [3.05, 3.63) is 98.8 Å². The van der Waals surface area contributed by atoms with Gasteiger partial charge < -0.3 is 9.73 Å². The van der Waals surface area contributed by atoms with Gasteiger partial charge in [0.15, 0.2) is 0 Å². The molecule has 152 valence electrons. The van der Waals surface area contributed by atoms with Crippen molar-refractivity contribution in [2.45, 2.75) is 13.0 Å². The maximum Gasteiger partial charge on any atom is 0.247 e. The van der Waals surface area contributed by atoms with Crippen LogP contribution in [-0.2, 0) is 0 Å². The van der Waals surface area contributed by atoms with E-state index in [1.165, 1.54) is 24.3 Å². The van der Waals surface area contributed by atoms with E-state index in [4.69, 9.17) is 16.0 Å². The van der Waals surface area contributed by atoms with Crippen molar-refractivity contribution in [2.75, 3.05) is 5.32 Å². The van der Waals surface area contributed by atoms with Crippen LogP contribution >= 0.6 is 27.5 Å². The van der Waals surface area contributed by atoms with Gasteiger partial charge in [0, 0.05) is 26.3 Å². The Hall–Kier alpha value is -2.77. The summed E-state index contributed by atoms with van der Waals surface area (Å²) >= 11 is 9.79. The van der Waals surface area contributed by atoms with Crippen LogP contribution in [0.2, 0.25) is 5.02 Å². The van der Waals surface area contributed by atoms with Gasteiger partial charge in [0.05, 0.1) is 0 Å². The number of anilines is 1. The Bertz CT molecular complexity index is 1210. The highest BCUT2D eigenvalue weighted by molar-refractivity contribution is 9.10. The van der Waals surface area contributed by atoms with E-state index in [0.29, 0.717) is 11.1 Å². The fourth-order valence-corrected chi connectivity index (χ4v) is 3.52. The summed E-state index contributed by atoms with van der Waals surface area (Å²) in [6.45, 7) is 1.96. The second-order valence-corrected chi connectivity index (χ2v) is 7.92. The van der Waals surface area contributed by atoms with Crippen LogP contribution < -0.4 is 5.32 Å². The Kier molecular flexibility index (Phi) is 5.83. The Balaban J connectivity index is 1.76. The number of halogens is 4. The van der Waals surface area contributed by atoms with E-state index in [1.54, 1.807) is 18.2 Å². The summed E-state index contributed by atoms with van der Waals surface area (Å²) in [6.07, 6.45) is 0. The van der Waals surface area contributed by atoms with E-state index >= 15 is 0 Å². The first-order valence-electron chi connectivity index (χ1n) is 8.97. The Morgan fingerprint density at radius 1 is 1.00 bits per heavy atom. The Morgan fingerprint density at radius 3 is 2.53 bits per heavy atom. The molecule has 4 rings (SSSR count). The topological polar surface area (TPSA) is 51.0 Å². The smallest absolute Gasteiger partial charge is 0.247 e. The molecule has 0 unspecified atom stereocenters. The first-order valence-corrected chi connectivity index (χ1v) is 10.1. The minimum Gasteiger partial charge on any atom is -0.418 e. The average molecular weight is 491 g/mol. The van der Waals surface area contributed by atoms with Gasteiger partial charge in [-0.2, -0.15) is 0 Å². The van der Waals surface area contributed by atoms with E-state index in [2.05, 4.69) is 31.4 Å². The molecule has 0 aliphatic rings. The molecule has 0 aliphatic carbocycles. The standard InChI is InChI=1S/C22H15BrClF2N3O/c1-12-9-16(6-8-18(12)23)27-20(17-7-5-15(26)11-19(17)24)22-29-28-21(30-22)13-3-2-4-14(25)10-13/h2-11,20,27H,1H3/t20-/m0/s1. The third-order valence-electron chi connectivity index (χ3n) is 4.50. The van der Waals surface area contributed by atoms with Gasteiger partial charge in [-0.1, -0.05) is 39.7 Å². The van der Waals surface area contributed by atoms with E-state index < -0.39 is 17.7 Å². The third-order valence-corrected chi connectivity index (χ3v) is 5.72. The summed E-state index contributed by atoms with van der Waals surface area (Å²) in [5.41, 5.74) is 2.83. The number of nitrogens with one attached hydrogen (secondary N) is 1. The molecule has 0 bridgehead atoms. The largest absolute Gasteiger partial charge is 0.418 e. The lowest BCUT2D eigenvalue weighted by atomic mass is 10.1. The van der Waals surface area contributed by atoms with Crippen LogP contribution in [-0.4, -0.2) is 10.2 Å². The van der Waals surface area contributed by atoms with Gasteiger partial charge in [-0.05, 0) is 61.0 Å². The summed E-state index contributed by atoms with van der Waals surface area (Å²) < 4.78 is 34.0. The molecule has 0 saturated carbocycles. The van der Waals surface area contributed by atoms with Crippen LogP contribution in [0.5, 0.6) is 0 Å². The lowest BCUT2D eigenvalue weighted by molar-refractivity contribution is 0.493. The monoisotopic (exact) mass is 489 g/mol. The van der Waals surface area contributed by atoms with Crippen molar-refractivity contribution in [3.63, 3.8) is 0 Å². The van der Waals surface area contributed by atoms with E-state index in [1.807, 2.05) is 25.1 Å². The van der Waals surface area contributed by atoms with Crippen LogP contribution in [0, 0.1) is 18.6 Å². The van der Waals surface area contributed by atoms with E-state index in [9.17, 15) is 8.78 Å². The number of nitrogens with zero attached hydrogens (tertiary/aromatic N) is 2. The molecule has 4 aromatic rings. The predicted molar refractivity (Wildman–Crippen MR) is 115 cm³/mol. The summed E-state index contributed by atoms with van der Waals surface area (Å²) in [6, 6.07) is 15.1. The van der Waals surface area contributed by atoms with Crippen LogP contribution in [0.25, 0.3) is 11.5 Å². The second kappa shape index (κ2) is 8.53. The van der Waals surface area contributed by atoms with Crippen molar-refractivity contribution in [2.24, 2.45) is 0 Å². The number of aryl methyl sites for hydroxylation is 1.